The lowest BCUT2D eigenvalue weighted by molar-refractivity contribution is 0.420. The molecule has 1 heteroatoms. The first-order chi connectivity index (χ1) is 8.92. The number of fused-ring (bicyclic) bond motifs is 1. The lowest BCUT2D eigenvalue weighted by Crippen LogP contribution is -2.02. The molecule has 1 fully saturated rings. The zero-order chi connectivity index (χ0) is 12.2. The standard InChI is InChI=1S/C17H19N/c1-2-6-14(7-3-1)10-12-16-13-11-15-8-4-5-9-17(15)18-16/h4-5,8-14H,1-3,6-7H2/b12-10+. The van der Waals surface area contributed by atoms with Gasteiger partial charge in [-0.3, -0.25) is 0 Å². The molecule has 0 radical (unpaired) electrons. The molecule has 0 aliphatic heterocycles. The number of hydrogen-bond donors (Lipinski definition) is 0. The summed E-state index contributed by atoms with van der Waals surface area (Å²) in [5.41, 5.74) is 2.17. The first-order valence-electron chi connectivity index (χ1n) is 6.96. The summed E-state index contributed by atoms with van der Waals surface area (Å²) in [6, 6.07) is 12.6. The lowest BCUT2D eigenvalue weighted by Gasteiger charge is -2.17. The Balaban J connectivity index is 1.79. The molecule has 3 rings (SSSR count). The molecule has 1 nitrogen and oxygen atoms in total. The van der Waals surface area contributed by atoms with Gasteiger partial charge in [-0.15, -0.1) is 0 Å². The average Bonchev–Trinajstić information content (AvgIpc) is 2.46. The van der Waals surface area contributed by atoms with Gasteiger partial charge in [0.1, 0.15) is 0 Å². The Kier molecular flexibility index (Phi) is 3.40. The van der Waals surface area contributed by atoms with E-state index in [0.717, 1.165) is 17.1 Å². The summed E-state index contributed by atoms with van der Waals surface area (Å²) in [6.45, 7) is 0. The molecule has 1 saturated carbocycles. The quantitative estimate of drug-likeness (QED) is 0.729. The van der Waals surface area contributed by atoms with Crippen molar-refractivity contribution in [3.05, 3.63) is 48.2 Å². The van der Waals surface area contributed by atoms with Gasteiger partial charge in [-0.05, 0) is 37.0 Å². The topological polar surface area (TPSA) is 12.9 Å². The van der Waals surface area contributed by atoms with Gasteiger partial charge in [0.25, 0.3) is 0 Å². The summed E-state index contributed by atoms with van der Waals surface area (Å²) in [7, 11) is 0. The second kappa shape index (κ2) is 5.34. The summed E-state index contributed by atoms with van der Waals surface area (Å²) < 4.78 is 0. The number of allylic oxidation sites excluding steroid dienone is 1. The zero-order valence-corrected chi connectivity index (χ0v) is 10.7. The van der Waals surface area contributed by atoms with Crippen LogP contribution in [0, 0.1) is 5.92 Å². The molecule has 0 N–H and O–H groups in total. The molecule has 1 aromatic heterocycles. The molecular weight excluding hydrogens is 218 g/mol. The number of nitrogens with zero attached hydrogens (tertiary/aromatic N) is 1. The third kappa shape index (κ3) is 2.61. The van der Waals surface area contributed by atoms with Gasteiger partial charge in [0.05, 0.1) is 11.2 Å². The third-order valence-electron chi connectivity index (χ3n) is 3.81. The van der Waals surface area contributed by atoms with E-state index in [1.165, 1.54) is 37.5 Å². The average molecular weight is 237 g/mol. The molecule has 1 aliphatic rings. The van der Waals surface area contributed by atoms with E-state index in [1.54, 1.807) is 0 Å². The molecule has 0 spiro atoms. The van der Waals surface area contributed by atoms with E-state index in [-0.39, 0.29) is 0 Å². The molecule has 0 amide bonds. The fourth-order valence-corrected chi connectivity index (χ4v) is 2.74. The van der Waals surface area contributed by atoms with Gasteiger partial charge >= 0.3 is 0 Å². The minimum atomic E-state index is 0.770. The fourth-order valence-electron chi connectivity index (χ4n) is 2.74. The molecule has 0 unspecified atom stereocenters. The van der Waals surface area contributed by atoms with Crippen LogP contribution in [-0.2, 0) is 0 Å². The summed E-state index contributed by atoms with van der Waals surface area (Å²) in [5, 5.41) is 1.22. The van der Waals surface area contributed by atoms with E-state index in [0.29, 0.717) is 0 Å². The largest absolute Gasteiger partial charge is 0.248 e. The van der Waals surface area contributed by atoms with E-state index < -0.39 is 0 Å². The van der Waals surface area contributed by atoms with Crippen molar-refractivity contribution in [2.75, 3.05) is 0 Å². The second-order valence-electron chi connectivity index (χ2n) is 5.19. The number of hydrogen-bond acceptors (Lipinski definition) is 1. The van der Waals surface area contributed by atoms with Gasteiger partial charge in [0.2, 0.25) is 0 Å². The summed E-state index contributed by atoms with van der Waals surface area (Å²) in [4.78, 5) is 4.67. The lowest BCUT2D eigenvalue weighted by atomic mass is 9.89. The summed E-state index contributed by atoms with van der Waals surface area (Å²) in [5.74, 6) is 0.770. The highest BCUT2D eigenvalue weighted by atomic mass is 14.7. The van der Waals surface area contributed by atoms with E-state index >= 15 is 0 Å². The highest BCUT2D eigenvalue weighted by molar-refractivity contribution is 5.79. The van der Waals surface area contributed by atoms with Crippen molar-refractivity contribution in [2.24, 2.45) is 5.92 Å². The van der Waals surface area contributed by atoms with Crippen LogP contribution in [0.15, 0.2) is 42.5 Å². The highest BCUT2D eigenvalue weighted by Gasteiger charge is 2.09. The van der Waals surface area contributed by atoms with Gasteiger partial charge in [0, 0.05) is 5.39 Å². The van der Waals surface area contributed by atoms with Crippen molar-refractivity contribution in [2.45, 2.75) is 32.1 Å². The van der Waals surface area contributed by atoms with Crippen molar-refractivity contribution in [1.29, 1.82) is 0 Å². The molecule has 92 valence electrons. The minimum Gasteiger partial charge on any atom is -0.248 e. The van der Waals surface area contributed by atoms with Gasteiger partial charge in [0.15, 0.2) is 0 Å². The minimum absolute atomic E-state index is 0.770. The van der Waals surface area contributed by atoms with E-state index in [4.69, 9.17) is 0 Å². The number of para-hydroxylation sites is 1. The number of benzene rings is 1. The van der Waals surface area contributed by atoms with Gasteiger partial charge in [-0.2, -0.15) is 0 Å². The molecule has 1 aromatic carbocycles. The fraction of sp³-hybridized carbons (Fsp3) is 0.353. The third-order valence-corrected chi connectivity index (χ3v) is 3.81. The predicted molar refractivity (Wildman–Crippen MR) is 77.4 cm³/mol. The van der Waals surface area contributed by atoms with Crippen LogP contribution in [0.2, 0.25) is 0 Å². The van der Waals surface area contributed by atoms with Crippen LogP contribution in [0.5, 0.6) is 0 Å². The Morgan fingerprint density at radius 2 is 1.78 bits per heavy atom. The maximum absolute atomic E-state index is 4.67. The predicted octanol–water partition coefficient (Wildman–Crippen LogP) is 4.83. The van der Waals surface area contributed by atoms with Gasteiger partial charge in [-0.25, -0.2) is 4.98 Å². The van der Waals surface area contributed by atoms with Crippen molar-refractivity contribution < 1.29 is 0 Å². The van der Waals surface area contributed by atoms with Crippen LogP contribution in [0.3, 0.4) is 0 Å². The smallest absolute Gasteiger partial charge is 0.0709 e. The van der Waals surface area contributed by atoms with E-state index in [1.807, 2.05) is 6.07 Å². The first kappa shape index (κ1) is 11.5. The molecule has 2 aromatic rings. The Labute approximate surface area is 109 Å². The number of aromatic nitrogens is 1. The zero-order valence-electron chi connectivity index (χ0n) is 10.7. The summed E-state index contributed by atoms with van der Waals surface area (Å²) in [6.07, 6.45) is 11.5. The molecule has 0 atom stereocenters. The van der Waals surface area contributed by atoms with E-state index in [9.17, 15) is 0 Å². The van der Waals surface area contributed by atoms with Crippen LogP contribution < -0.4 is 0 Å². The second-order valence-corrected chi connectivity index (χ2v) is 5.19. The monoisotopic (exact) mass is 237 g/mol. The van der Waals surface area contributed by atoms with Crippen molar-refractivity contribution in [3.63, 3.8) is 0 Å². The molecule has 1 heterocycles. The summed E-state index contributed by atoms with van der Waals surface area (Å²) >= 11 is 0. The van der Waals surface area contributed by atoms with Crippen LogP contribution in [0.1, 0.15) is 37.8 Å². The number of pyridine rings is 1. The molecular formula is C17H19N. The molecule has 0 bridgehead atoms. The molecule has 18 heavy (non-hydrogen) atoms. The Morgan fingerprint density at radius 1 is 0.944 bits per heavy atom. The van der Waals surface area contributed by atoms with Crippen molar-refractivity contribution >= 4 is 17.0 Å². The SMILES string of the molecule is C(=C\C1CCCCC1)/c1ccc2ccccc2n1. The van der Waals surface area contributed by atoms with Crippen molar-refractivity contribution in [3.8, 4) is 0 Å². The van der Waals surface area contributed by atoms with Crippen LogP contribution in [0.4, 0.5) is 0 Å². The number of rotatable bonds is 2. The molecule has 1 aliphatic carbocycles. The Morgan fingerprint density at radius 3 is 2.67 bits per heavy atom. The maximum atomic E-state index is 4.67. The molecule has 0 saturated heterocycles. The first-order valence-corrected chi connectivity index (χ1v) is 6.96. The normalized spacial score (nSPS) is 17.6. The van der Waals surface area contributed by atoms with Gasteiger partial charge in [-0.1, -0.05) is 49.6 Å². The maximum Gasteiger partial charge on any atom is 0.0709 e. The highest BCUT2D eigenvalue weighted by Crippen LogP contribution is 2.25. The van der Waals surface area contributed by atoms with E-state index in [2.05, 4.69) is 47.5 Å². The van der Waals surface area contributed by atoms with Crippen LogP contribution in [-0.4, -0.2) is 4.98 Å². The van der Waals surface area contributed by atoms with Crippen molar-refractivity contribution in [1.82, 2.24) is 4.98 Å². The Bertz CT molecular complexity index is 550. The van der Waals surface area contributed by atoms with Gasteiger partial charge < -0.3 is 0 Å². The van der Waals surface area contributed by atoms with Crippen LogP contribution >= 0.6 is 0 Å². The Hall–Kier alpha value is -1.63. The van der Waals surface area contributed by atoms with Crippen LogP contribution in [0.25, 0.3) is 17.0 Å².